The molecule has 0 saturated heterocycles. The van der Waals surface area contributed by atoms with Crippen molar-refractivity contribution in [2.75, 3.05) is 18.4 Å². The number of fused-ring (bicyclic) bond motifs is 1. The molecule has 1 aromatic carbocycles. The highest BCUT2D eigenvalue weighted by atomic mass is 32.1. The molecule has 0 unspecified atom stereocenters. The first-order chi connectivity index (χ1) is 11.2. The van der Waals surface area contributed by atoms with E-state index in [-0.39, 0.29) is 17.5 Å². The highest BCUT2D eigenvalue weighted by molar-refractivity contribution is 7.15. The van der Waals surface area contributed by atoms with Crippen LogP contribution in [0.5, 0.6) is 0 Å². The van der Waals surface area contributed by atoms with Crippen molar-refractivity contribution in [3.05, 3.63) is 57.6 Å². The molecule has 0 aliphatic rings. The largest absolute Gasteiger partial charge is 0.372 e. The van der Waals surface area contributed by atoms with E-state index in [0.717, 1.165) is 0 Å². The quantitative estimate of drug-likeness (QED) is 0.409. The minimum atomic E-state index is -0.475. The van der Waals surface area contributed by atoms with Gasteiger partial charge in [0.05, 0.1) is 0 Å². The Labute approximate surface area is 134 Å². The molecule has 0 atom stereocenters. The van der Waals surface area contributed by atoms with E-state index in [1.807, 2.05) is 6.07 Å². The van der Waals surface area contributed by atoms with Crippen molar-refractivity contribution in [3.63, 3.8) is 0 Å². The smallest absolute Gasteiger partial charge is 0.361 e. The molecule has 8 nitrogen and oxygen atoms in total. The van der Waals surface area contributed by atoms with Crippen LogP contribution in [0.15, 0.2) is 41.9 Å². The van der Waals surface area contributed by atoms with Gasteiger partial charge < -0.3 is 20.7 Å². The van der Waals surface area contributed by atoms with Gasteiger partial charge in [0.1, 0.15) is 6.20 Å². The van der Waals surface area contributed by atoms with E-state index in [2.05, 4.69) is 15.6 Å². The SMILES string of the molecule is O=C(NCCNc1nc2sccn2c1[N+](=O)[O-])c1ccccc1. The molecule has 23 heavy (non-hydrogen) atoms. The van der Waals surface area contributed by atoms with E-state index in [1.165, 1.54) is 15.7 Å². The molecular formula is C14H13N5O3S. The lowest BCUT2D eigenvalue weighted by molar-refractivity contribution is -0.389. The Morgan fingerprint density at radius 3 is 2.83 bits per heavy atom. The first kappa shape index (κ1) is 15.0. The number of amides is 1. The second-order valence-corrected chi connectivity index (χ2v) is 5.52. The van der Waals surface area contributed by atoms with Crippen molar-refractivity contribution in [2.45, 2.75) is 0 Å². The zero-order chi connectivity index (χ0) is 16.2. The molecule has 0 saturated carbocycles. The minimum Gasteiger partial charge on any atom is -0.361 e. The van der Waals surface area contributed by atoms with Gasteiger partial charge in [0, 0.05) is 24.0 Å². The maximum absolute atomic E-state index is 11.9. The summed E-state index contributed by atoms with van der Waals surface area (Å²) in [5.74, 6) is -0.0841. The summed E-state index contributed by atoms with van der Waals surface area (Å²) in [4.78, 5) is 27.3. The van der Waals surface area contributed by atoms with Gasteiger partial charge in [0.25, 0.3) is 10.9 Å². The molecule has 0 spiro atoms. The molecular weight excluding hydrogens is 318 g/mol. The Morgan fingerprint density at radius 1 is 1.30 bits per heavy atom. The maximum Gasteiger partial charge on any atom is 0.372 e. The van der Waals surface area contributed by atoms with Gasteiger partial charge in [-0.2, -0.15) is 9.38 Å². The molecule has 9 heteroatoms. The van der Waals surface area contributed by atoms with Crippen LogP contribution in [-0.2, 0) is 0 Å². The summed E-state index contributed by atoms with van der Waals surface area (Å²) in [6, 6.07) is 8.85. The second-order valence-electron chi connectivity index (χ2n) is 4.65. The topological polar surface area (TPSA) is 102 Å². The van der Waals surface area contributed by atoms with Gasteiger partial charge in [-0.05, 0) is 17.1 Å². The number of hydrogen-bond acceptors (Lipinski definition) is 6. The van der Waals surface area contributed by atoms with Crippen LogP contribution in [0.1, 0.15) is 10.4 Å². The molecule has 118 valence electrons. The number of rotatable bonds is 6. The average molecular weight is 331 g/mol. The van der Waals surface area contributed by atoms with E-state index in [1.54, 1.807) is 35.8 Å². The van der Waals surface area contributed by atoms with Gasteiger partial charge >= 0.3 is 5.82 Å². The zero-order valence-corrected chi connectivity index (χ0v) is 12.7. The number of thiazole rings is 1. The number of carbonyl (C=O) groups is 1. The zero-order valence-electron chi connectivity index (χ0n) is 11.9. The first-order valence-corrected chi connectivity index (χ1v) is 7.72. The summed E-state index contributed by atoms with van der Waals surface area (Å²) in [5, 5.41) is 18.5. The fraction of sp³-hybridized carbons (Fsp3) is 0.143. The molecule has 3 rings (SSSR count). The number of nitro groups is 1. The number of benzene rings is 1. The molecule has 0 aliphatic carbocycles. The number of anilines is 1. The van der Waals surface area contributed by atoms with Gasteiger partial charge in [-0.3, -0.25) is 4.79 Å². The summed E-state index contributed by atoms with van der Waals surface area (Å²) in [7, 11) is 0. The Balaban J connectivity index is 1.59. The number of nitrogens with one attached hydrogen (secondary N) is 2. The molecule has 3 aromatic rings. The summed E-state index contributed by atoms with van der Waals surface area (Å²) in [5.41, 5.74) is 0.570. The third-order valence-electron chi connectivity index (χ3n) is 3.15. The lowest BCUT2D eigenvalue weighted by Gasteiger charge is -2.06. The van der Waals surface area contributed by atoms with Crippen molar-refractivity contribution < 1.29 is 9.72 Å². The molecule has 2 aromatic heterocycles. The normalized spacial score (nSPS) is 10.6. The Hall–Kier alpha value is -2.94. The molecule has 0 radical (unpaired) electrons. The van der Waals surface area contributed by atoms with E-state index in [0.29, 0.717) is 23.6 Å². The standard InChI is InChI=1S/C14H13N5O3S/c20-12(10-4-2-1-3-5-10)16-7-6-15-11-13(19(21)22)18-8-9-23-14(18)17-11/h1-5,8-9,15H,6-7H2,(H,16,20). The fourth-order valence-electron chi connectivity index (χ4n) is 2.12. The number of aromatic nitrogens is 2. The van der Waals surface area contributed by atoms with Gasteiger partial charge in [0.2, 0.25) is 5.82 Å². The number of carbonyl (C=O) groups excluding carboxylic acids is 1. The van der Waals surface area contributed by atoms with Gasteiger partial charge in [0.15, 0.2) is 0 Å². The number of nitrogens with zero attached hydrogens (tertiary/aromatic N) is 3. The maximum atomic E-state index is 11.9. The Morgan fingerprint density at radius 2 is 2.09 bits per heavy atom. The molecule has 0 fully saturated rings. The average Bonchev–Trinajstić information content (AvgIpc) is 3.12. The van der Waals surface area contributed by atoms with Gasteiger partial charge in [-0.1, -0.05) is 29.5 Å². The molecule has 2 heterocycles. The van der Waals surface area contributed by atoms with Crippen molar-refractivity contribution in [3.8, 4) is 0 Å². The summed E-state index contributed by atoms with van der Waals surface area (Å²) >= 11 is 1.32. The van der Waals surface area contributed by atoms with E-state index >= 15 is 0 Å². The Bertz CT molecular complexity index is 843. The van der Waals surface area contributed by atoms with Gasteiger partial charge in [-0.25, -0.2) is 0 Å². The predicted octanol–water partition coefficient (Wildman–Crippen LogP) is 2.15. The highest BCUT2D eigenvalue weighted by Crippen LogP contribution is 2.27. The summed E-state index contributed by atoms with van der Waals surface area (Å²) in [6.45, 7) is 0.667. The molecule has 1 amide bonds. The molecule has 2 N–H and O–H groups in total. The third-order valence-corrected chi connectivity index (χ3v) is 3.91. The van der Waals surface area contributed by atoms with Crippen molar-refractivity contribution >= 4 is 33.8 Å². The molecule has 0 aliphatic heterocycles. The lowest BCUT2D eigenvalue weighted by atomic mass is 10.2. The first-order valence-electron chi connectivity index (χ1n) is 6.84. The second kappa shape index (κ2) is 6.44. The van der Waals surface area contributed by atoms with Crippen molar-refractivity contribution in [1.82, 2.24) is 14.7 Å². The van der Waals surface area contributed by atoms with Crippen LogP contribution in [-0.4, -0.2) is 33.3 Å². The van der Waals surface area contributed by atoms with E-state index < -0.39 is 4.92 Å². The van der Waals surface area contributed by atoms with E-state index in [4.69, 9.17) is 0 Å². The summed E-state index contributed by atoms with van der Waals surface area (Å²) in [6.07, 6.45) is 1.60. The number of imidazole rings is 1. The summed E-state index contributed by atoms with van der Waals surface area (Å²) < 4.78 is 1.43. The van der Waals surface area contributed by atoms with Gasteiger partial charge in [-0.15, -0.1) is 0 Å². The van der Waals surface area contributed by atoms with Crippen molar-refractivity contribution in [2.24, 2.45) is 0 Å². The van der Waals surface area contributed by atoms with Crippen LogP contribution < -0.4 is 10.6 Å². The minimum absolute atomic E-state index is 0.101. The van der Waals surface area contributed by atoms with Crippen LogP contribution in [0.4, 0.5) is 11.6 Å². The van der Waals surface area contributed by atoms with E-state index in [9.17, 15) is 14.9 Å². The van der Waals surface area contributed by atoms with Crippen LogP contribution in [0.25, 0.3) is 4.96 Å². The van der Waals surface area contributed by atoms with Crippen LogP contribution in [0.3, 0.4) is 0 Å². The third kappa shape index (κ3) is 3.14. The fourth-order valence-corrected chi connectivity index (χ4v) is 2.82. The molecule has 0 bridgehead atoms. The van der Waals surface area contributed by atoms with Crippen molar-refractivity contribution in [1.29, 1.82) is 0 Å². The van der Waals surface area contributed by atoms with Crippen LogP contribution in [0, 0.1) is 10.1 Å². The predicted molar refractivity (Wildman–Crippen MR) is 87.0 cm³/mol. The highest BCUT2D eigenvalue weighted by Gasteiger charge is 2.23. The lowest BCUT2D eigenvalue weighted by Crippen LogP contribution is -2.28. The van der Waals surface area contributed by atoms with Crippen LogP contribution >= 0.6 is 11.3 Å². The number of hydrogen-bond donors (Lipinski definition) is 2. The van der Waals surface area contributed by atoms with Crippen LogP contribution in [0.2, 0.25) is 0 Å². The Kier molecular flexibility index (Phi) is 4.20. The monoisotopic (exact) mass is 331 g/mol.